The first-order valence-electron chi connectivity index (χ1n) is 21.7. The average Bonchev–Trinajstić information content (AvgIpc) is 3.33. The maximum absolute atomic E-state index is 14.9. The Morgan fingerprint density at radius 2 is 1.32 bits per heavy atom. The van der Waals surface area contributed by atoms with Crippen LogP contribution >= 0.6 is 0 Å². The molecule has 3 heterocycles. The molecule has 3 fully saturated rings. The summed E-state index contributed by atoms with van der Waals surface area (Å²) in [6, 6.07) is 17.2. The van der Waals surface area contributed by atoms with E-state index in [0.717, 1.165) is 41.2 Å². The number of carboxylic acids is 3. The predicted molar refractivity (Wildman–Crippen MR) is 232 cm³/mol. The number of halogens is 3. The fourth-order valence-electron chi connectivity index (χ4n) is 8.79. The lowest BCUT2D eigenvalue weighted by Gasteiger charge is -2.35. The van der Waals surface area contributed by atoms with Gasteiger partial charge in [0.1, 0.15) is 11.8 Å². The standard InChI is InChI=1S/C47H58F3N5O8/c1-33-35(10-7-11-39(33)36-8-3-2-4-9-36)13-14-37-27-42(38(26-40(37)47(48,49)50)28-55-17-6-5-12-41(55)46(61)62)63-32-34-15-18-54(19-16-34)43(56)29-51-20-22-52(30-44(57)58)24-25-53(23-21-51)31-45(59)60/h2-4,7-11,13-14,26-27,34,41H,5-6,12,15-25,28-32H2,1H3,(H,57,58)(H,59,60)(H,61,62)/b14-13+/t41-/m0/s1. The molecule has 3 aliphatic heterocycles. The second-order valence-corrected chi connectivity index (χ2v) is 16.8. The second-order valence-electron chi connectivity index (χ2n) is 16.8. The molecule has 0 aromatic heterocycles. The number of amides is 1. The molecule has 0 spiro atoms. The number of hydrogen-bond donors (Lipinski definition) is 3. The molecule has 3 aromatic rings. The van der Waals surface area contributed by atoms with Crippen molar-refractivity contribution in [2.45, 2.75) is 57.8 Å². The number of carbonyl (C=O) groups excluding carboxylic acids is 1. The van der Waals surface area contributed by atoms with Gasteiger partial charge in [-0.15, -0.1) is 0 Å². The van der Waals surface area contributed by atoms with E-state index in [1.807, 2.05) is 60.4 Å². The van der Waals surface area contributed by atoms with Gasteiger partial charge >= 0.3 is 24.1 Å². The van der Waals surface area contributed by atoms with Gasteiger partial charge in [0, 0.05) is 64.5 Å². The molecule has 13 nitrogen and oxygen atoms in total. The van der Waals surface area contributed by atoms with E-state index >= 15 is 0 Å². The molecule has 1 amide bonds. The van der Waals surface area contributed by atoms with E-state index in [1.54, 1.807) is 25.7 Å². The zero-order valence-electron chi connectivity index (χ0n) is 35.8. The SMILES string of the molecule is Cc1c(/C=C/c2cc(OCC3CCN(C(=O)CN4CCN(CC(=O)O)CCN(CC(=O)O)CC4)CC3)c(CN3CCCC[C@H]3C(=O)O)cc2C(F)(F)F)cccc1-c1ccccc1. The molecule has 16 heteroatoms. The summed E-state index contributed by atoms with van der Waals surface area (Å²) in [6.07, 6.45) is 1.48. The van der Waals surface area contributed by atoms with Gasteiger partial charge in [-0.2, -0.15) is 13.2 Å². The van der Waals surface area contributed by atoms with Crippen LogP contribution in [0.1, 0.15) is 59.9 Å². The maximum Gasteiger partial charge on any atom is 0.417 e. The fraction of sp³-hybridized carbons (Fsp3) is 0.489. The fourth-order valence-corrected chi connectivity index (χ4v) is 8.79. The Morgan fingerprint density at radius 1 is 0.714 bits per heavy atom. The lowest BCUT2D eigenvalue weighted by atomic mass is 9.95. The molecule has 0 aliphatic carbocycles. The Bertz CT molecular complexity index is 2060. The summed E-state index contributed by atoms with van der Waals surface area (Å²) in [7, 11) is 0. The van der Waals surface area contributed by atoms with Crippen molar-refractivity contribution < 1.29 is 52.4 Å². The summed E-state index contributed by atoms with van der Waals surface area (Å²) in [5.41, 5.74) is 2.99. The number of piperidine rings is 2. The first-order valence-corrected chi connectivity index (χ1v) is 21.7. The third kappa shape index (κ3) is 13.4. The minimum absolute atomic E-state index is 0.00678. The summed E-state index contributed by atoms with van der Waals surface area (Å²) in [6.45, 7) is 5.66. The number of benzene rings is 3. The van der Waals surface area contributed by atoms with Crippen LogP contribution in [0.25, 0.3) is 23.3 Å². The number of aliphatic carboxylic acids is 3. The third-order valence-electron chi connectivity index (χ3n) is 12.4. The smallest absolute Gasteiger partial charge is 0.417 e. The molecule has 0 bridgehead atoms. The molecular weight excluding hydrogens is 820 g/mol. The van der Waals surface area contributed by atoms with Gasteiger partial charge in [0.05, 0.1) is 31.8 Å². The van der Waals surface area contributed by atoms with Crippen molar-refractivity contribution in [3.63, 3.8) is 0 Å². The molecule has 63 heavy (non-hydrogen) atoms. The highest BCUT2D eigenvalue weighted by Gasteiger charge is 2.36. The molecule has 340 valence electrons. The number of rotatable bonds is 15. The molecule has 0 unspecified atom stereocenters. The number of ether oxygens (including phenoxy) is 1. The summed E-state index contributed by atoms with van der Waals surface area (Å²) in [4.78, 5) is 57.6. The van der Waals surface area contributed by atoms with E-state index in [9.17, 15) is 47.7 Å². The van der Waals surface area contributed by atoms with E-state index in [1.165, 1.54) is 12.1 Å². The van der Waals surface area contributed by atoms with Gasteiger partial charge in [-0.05, 0) is 85.0 Å². The predicted octanol–water partition coefficient (Wildman–Crippen LogP) is 6.00. The minimum atomic E-state index is -4.71. The van der Waals surface area contributed by atoms with Crippen LogP contribution in [0.5, 0.6) is 5.75 Å². The third-order valence-corrected chi connectivity index (χ3v) is 12.4. The zero-order chi connectivity index (χ0) is 45.1. The van der Waals surface area contributed by atoms with Crippen LogP contribution < -0.4 is 4.74 Å². The number of hydrogen-bond acceptors (Lipinski definition) is 9. The quantitative estimate of drug-likeness (QED) is 0.154. The Kier molecular flexibility index (Phi) is 16.4. The van der Waals surface area contributed by atoms with E-state index in [0.29, 0.717) is 78.2 Å². The molecule has 3 saturated heterocycles. The Balaban J connectivity index is 1.17. The maximum atomic E-state index is 14.9. The highest BCUT2D eigenvalue weighted by molar-refractivity contribution is 5.79. The normalized spacial score (nSPS) is 19.4. The van der Waals surface area contributed by atoms with Crippen LogP contribution in [-0.4, -0.2) is 155 Å². The largest absolute Gasteiger partial charge is 0.493 e. The van der Waals surface area contributed by atoms with Gasteiger partial charge in [-0.1, -0.05) is 67.1 Å². The van der Waals surface area contributed by atoms with Crippen LogP contribution in [0.2, 0.25) is 0 Å². The van der Waals surface area contributed by atoms with Crippen molar-refractivity contribution in [3.05, 3.63) is 88.5 Å². The molecule has 6 rings (SSSR count). The van der Waals surface area contributed by atoms with Gasteiger partial charge in [-0.3, -0.25) is 38.8 Å². The summed E-state index contributed by atoms with van der Waals surface area (Å²) < 4.78 is 51.1. The number of carboxylic acid groups (broad SMARTS) is 3. The van der Waals surface area contributed by atoms with Crippen molar-refractivity contribution in [2.75, 3.05) is 85.1 Å². The van der Waals surface area contributed by atoms with E-state index in [-0.39, 0.29) is 61.5 Å². The zero-order valence-corrected chi connectivity index (χ0v) is 35.8. The average molecular weight is 878 g/mol. The van der Waals surface area contributed by atoms with Gasteiger partial charge in [0.25, 0.3) is 0 Å². The van der Waals surface area contributed by atoms with Crippen molar-refractivity contribution in [1.82, 2.24) is 24.5 Å². The van der Waals surface area contributed by atoms with Crippen LogP contribution in [0.3, 0.4) is 0 Å². The van der Waals surface area contributed by atoms with Crippen LogP contribution in [0.4, 0.5) is 13.2 Å². The van der Waals surface area contributed by atoms with E-state index in [2.05, 4.69) is 0 Å². The molecule has 3 N–H and O–H groups in total. The van der Waals surface area contributed by atoms with Crippen molar-refractivity contribution >= 4 is 36.0 Å². The highest BCUT2D eigenvalue weighted by Crippen LogP contribution is 2.39. The summed E-state index contributed by atoms with van der Waals surface area (Å²) in [5, 5.41) is 28.8. The molecule has 0 saturated carbocycles. The number of likely N-dealkylation sites (tertiary alicyclic amines) is 2. The van der Waals surface area contributed by atoms with E-state index < -0.39 is 35.7 Å². The number of carbonyl (C=O) groups is 4. The molecule has 0 radical (unpaired) electrons. The number of nitrogens with zero attached hydrogens (tertiary/aromatic N) is 5. The second kappa shape index (κ2) is 21.9. The number of alkyl halides is 3. The van der Waals surface area contributed by atoms with Crippen LogP contribution in [0.15, 0.2) is 60.7 Å². The highest BCUT2D eigenvalue weighted by atomic mass is 19.4. The van der Waals surface area contributed by atoms with Crippen LogP contribution in [-0.2, 0) is 31.9 Å². The van der Waals surface area contributed by atoms with Gasteiger partial charge in [0.2, 0.25) is 5.91 Å². The monoisotopic (exact) mass is 877 g/mol. The lowest BCUT2D eigenvalue weighted by Crippen LogP contribution is -2.47. The first kappa shape index (κ1) is 47.2. The molecule has 3 aliphatic rings. The first-order chi connectivity index (χ1) is 30.1. The van der Waals surface area contributed by atoms with Gasteiger partial charge in [0.15, 0.2) is 0 Å². The Morgan fingerprint density at radius 3 is 1.90 bits per heavy atom. The Hall–Kier alpha value is -5.29. The van der Waals surface area contributed by atoms with Crippen LogP contribution in [0, 0.1) is 12.8 Å². The van der Waals surface area contributed by atoms with Gasteiger partial charge in [-0.25, -0.2) is 0 Å². The Labute approximate surface area is 366 Å². The summed E-state index contributed by atoms with van der Waals surface area (Å²) >= 11 is 0. The lowest BCUT2D eigenvalue weighted by molar-refractivity contribution is -0.145. The molecular formula is C47H58F3N5O8. The molecule has 1 atom stereocenters. The van der Waals surface area contributed by atoms with Crippen molar-refractivity contribution in [3.8, 4) is 16.9 Å². The minimum Gasteiger partial charge on any atom is -0.493 e. The van der Waals surface area contributed by atoms with Crippen molar-refractivity contribution in [2.24, 2.45) is 5.92 Å². The van der Waals surface area contributed by atoms with Gasteiger partial charge < -0.3 is 25.0 Å². The topological polar surface area (TPSA) is 154 Å². The van der Waals surface area contributed by atoms with Crippen molar-refractivity contribution in [1.29, 1.82) is 0 Å². The molecule has 3 aromatic carbocycles. The van der Waals surface area contributed by atoms with E-state index in [4.69, 9.17) is 4.74 Å². The summed E-state index contributed by atoms with van der Waals surface area (Å²) in [5.74, 6) is -2.82.